The predicted octanol–water partition coefficient (Wildman–Crippen LogP) is 5.63. The molecule has 4 aliphatic heterocycles. The fourth-order valence-electron chi connectivity index (χ4n) is 9.16. The van der Waals surface area contributed by atoms with Crippen molar-refractivity contribution >= 4 is 40.2 Å². The zero-order valence-corrected chi connectivity index (χ0v) is 33.1. The number of piperidine rings is 2. The lowest BCUT2D eigenvalue weighted by Crippen LogP contribution is -2.49. The standard InChI is InChI=1S/C44H53N11O3/c45-42-40-41(32-7-13-38(14-8-32)58-37-5-2-1-3-6-37)49-55(43(40)47-31-46-42)36-17-24-52(25-18-36)34-15-22-50(23-16-34)20-4-21-51-27-29-53(30-28-51)33-9-11-35(12-10-33)54-26-19-39(56)48-44(54)57/h1-3,5-14,31,34,36H,4,15-30H2,(H2,45,46,47)(H,48,56,57). The minimum Gasteiger partial charge on any atom is -0.457 e. The number of hydrogen-bond donors (Lipinski definition) is 2. The van der Waals surface area contributed by atoms with Crippen LogP contribution in [0.2, 0.25) is 0 Å². The van der Waals surface area contributed by atoms with E-state index < -0.39 is 0 Å². The second-order valence-corrected chi connectivity index (χ2v) is 16.0. The lowest BCUT2D eigenvalue weighted by Gasteiger charge is -2.42. The number of anilines is 3. The van der Waals surface area contributed by atoms with Crippen molar-refractivity contribution in [3.05, 3.63) is 85.2 Å². The summed E-state index contributed by atoms with van der Waals surface area (Å²) >= 11 is 0. The molecule has 14 heteroatoms. The quantitative estimate of drug-likeness (QED) is 0.172. The van der Waals surface area contributed by atoms with Crippen LogP contribution in [-0.2, 0) is 4.79 Å². The number of nitrogens with two attached hydrogens (primary N) is 1. The molecule has 4 saturated heterocycles. The van der Waals surface area contributed by atoms with Crippen molar-refractivity contribution in [2.24, 2.45) is 0 Å². The molecule has 3 N–H and O–H groups in total. The van der Waals surface area contributed by atoms with Gasteiger partial charge in [-0.1, -0.05) is 18.2 Å². The summed E-state index contributed by atoms with van der Waals surface area (Å²) in [5, 5.41) is 8.36. The molecule has 9 rings (SSSR count). The molecule has 0 saturated carbocycles. The van der Waals surface area contributed by atoms with Gasteiger partial charge in [-0.05, 0) is 119 Å². The Balaban J connectivity index is 0.712. The Morgan fingerprint density at radius 2 is 1.34 bits per heavy atom. The summed E-state index contributed by atoms with van der Waals surface area (Å²) < 4.78 is 8.13. The highest BCUT2D eigenvalue weighted by atomic mass is 16.5. The van der Waals surface area contributed by atoms with Crippen LogP contribution in [-0.4, -0.2) is 124 Å². The average Bonchev–Trinajstić information content (AvgIpc) is 3.66. The summed E-state index contributed by atoms with van der Waals surface area (Å²) in [5.74, 6) is 1.81. The molecule has 0 bridgehead atoms. The van der Waals surface area contributed by atoms with Gasteiger partial charge in [0.05, 0.1) is 11.4 Å². The highest BCUT2D eigenvalue weighted by Gasteiger charge is 2.31. The zero-order chi connectivity index (χ0) is 39.4. The Labute approximate surface area is 339 Å². The molecule has 302 valence electrons. The number of nitrogens with zero attached hydrogens (tertiary/aromatic N) is 9. The zero-order valence-electron chi connectivity index (χ0n) is 33.1. The van der Waals surface area contributed by atoms with Crippen molar-refractivity contribution in [2.45, 2.75) is 50.6 Å². The van der Waals surface area contributed by atoms with Crippen LogP contribution in [0, 0.1) is 0 Å². The van der Waals surface area contributed by atoms with Crippen LogP contribution in [0.25, 0.3) is 22.3 Å². The minimum absolute atomic E-state index is 0.211. The summed E-state index contributed by atoms with van der Waals surface area (Å²) in [5.41, 5.74) is 11.0. The van der Waals surface area contributed by atoms with Gasteiger partial charge >= 0.3 is 6.03 Å². The molecule has 0 unspecified atom stereocenters. The second kappa shape index (κ2) is 17.1. The number of urea groups is 1. The Morgan fingerprint density at radius 3 is 2.05 bits per heavy atom. The van der Waals surface area contributed by atoms with Crippen LogP contribution in [0.15, 0.2) is 85.2 Å². The molecule has 2 aromatic heterocycles. The highest BCUT2D eigenvalue weighted by molar-refractivity contribution is 6.05. The maximum atomic E-state index is 12.2. The number of para-hydroxylation sites is 1. The van der Waals surface area contributed by atoms with E-state index >= 15 is 0 Å². The van der Waals surface area contributed by atoms with E-state index in [9.17, 15) is 9.59 Å². The first-order valence-electron chi connectivity index (χ1n) is 20.9. The first-order valence-corrected chi connectivity index (χ1v) is 20.9. The van der Waals surface area contributed by atoms with Crippen LogP contribution < -0.4 is 25.6 Å². The highest BCUT2D eigenvalue weighted by Crippen LogP contribution is 2.36. The van der Waals surface area contributed by atoms with Gasteiger partial charge in [-0.15, -0.1) is 0 Å². The molecule has 0 radical (unpaired) electrons. The maximum absolute atomic E-state index is 12.2. The van der Waals surface area contributed by atoms with Crippen molar-refractivity contribution in [1.29, 1.82) is 0 Å². The van der Waals surface area contributed by atoms with E-state index in [4.69, 9.17) is 15.6 Å². The third kappa shape index (κ3) is 8.36. The number of hydrogen-bond acceptors (Lipinski definition) is 11. The fourth-order valence-corrected chi connectivity index (χ4v) is 9.16. The van der Waals surface area contributed by atoms with Crippen LogP contribution >= 0.6 is 0 Å². The summed E-state index contributed by atoms with van der Waals surface area (Å²) in [4.78, 5) is 44.8. The SMILES string of the molecule is Nc1ncnc2c1c(-c1ccc(Oc3ccccc3)cc1)nn2C1CCN(C2CCN(CCCN3CCN(c4ccc(N5CCC(=O)NC5=O)cc4)CC3)CC2)CC1. The molecule has 0 spiro atoms. The smallest absolute Gasteiger partial charge is 0.328 e. The molecule has 3 aromatic carbocycles. The Bertz CT molecular complexity index is 2170. The number of carbonyl (C=O) groups is 2. The summed E-state index contributed by atoms with van der Waals surface area (Å²) in [6, 6.07) is 26.5. The predicted molar refractivity (Wildman–Crippen MR) is 226 cm³/mol. The van der Waals surface area contributed by atoms with Crippen LogP contribution in [0.3, 0.4) is 0 Å². The van der Waals surface area contributed by atoms with Gasteiger partial charge in [0.25, 0.3) is 0 Å². The molecular weight excluding hydrogens is 731 g/mol. The van der Waals surface area contributed by atoms with E-state index in [1.54, 1.807) is 11.2 Å². The van der Waals surface area contributed by atoms with Crippen molar-refractivity contribution in [3.8, 4) is 22.8 Å². The van der Waals surface area contributed by atoms with Crippen molar-refractivity contribution in [1.82, 2.24) is 39.8 Å². The van der Waals surface area contributed by atoms with Gasteiger partial charge in [-0.25, -0.2) is 19.4 Å². The number of aromatic nitrogens is 4. The number of fused-ring (bicyclic) bond motifs is 1. The first kappa shape index (κ1) is 38.0. The van der Waals surface area contributed by atoms with Gasteiger partial charge in [0.2, 0.25) is 5.91 Å². The lowest BCUT2D eigenvalue weighted by atomic mass is 9.97. The Hall–Kier alpha value is -5.57. The number of likely N-dealkylation sites (tertiary alicyclic amines) is 2. The molecule has 0 aliphatic carbocycles. The van der Waals surface area contributed by atoms with Gasteiger partial charge < -0.3 is 25.2 Å². The number of rotatable bonds is 11. The molecule has 3 amide bonds. The van der Waals surface area contributed by atoms with E-state index in [1.165, 1.54) is 38.0 Å². The summed E-state index contributed by atoms with van der Waals surface area (Å²) in [6.07, 6.45) is 7.60. The van der Waals surface area contributed by atoms with Crippen LogP contribution in [0.5, 0.6) is 11.5 Å². The molecule has 58 heavy (non-hydrogen) atoms. The van der Waals surface area contributed by atoms with E-state index in [2.05, 4.69) is 51.7 Å². The third-order valence-electron chi connectivity index (χ3n) is 12.4. The van der Waals surface area contributed by atoms with E-state index in [0.29, 0.717) is 24.8 Å². The largest absolute Gasteiger partial charge is 0.457 e. The molecule has 5 aromatic rings. The van der Waals surface area contributed by atoms with Crippen molar-refractivity contribution in [3.63, 3.8) is 0 Å². The molecule has 4 aliphatic rings. The van der Waals surface area contributed by atoms with Crippen LogP contribution in [0.1, 0.15) is 44.6 Å². The third-order valence-corrected chi connectivity index (χ3v) is 12.4. The van der Waals surface area contributed by atoms with Gasteiger partial charge in [-0.3, -0.25) is 19.9 Å². The molecule has 14 nitrogen and oxygen atoms in total. The normalized spacial score (nSPS) is 19.5. The number of benzene rings is 3. The van der Waals surface area contributed by atoms with Gasteiger partial charge in [-0.2, -0.15) is 5.10 Å². The number of ether oxygens (including phenoxy) is 1. The van der Waals surface area contributed by atoms with Gasteiger partial charge in [0.15, 0.2) is 5.65 Å². The molecular formula is C44H53N11O3. The van der Waals surface area contributed by atoms with Crippen molar-refractivity contribution in [2.75, 3.05) is 87.5 Å². The number of piperazine rings is 1. The Kier molecular flexibility index (Phi) is 11.2. The van der Waals surface area contributed by atoms with E-state index in [-0.39, 0.29) is 18.0 Å². The number of imide groups is 1. The topological polar surface area (TPSA) is 141 Å². The van der Waals surface area contributed by atoms with Gasteiger partial charge in [0, 0.05) is 75.2 Å². The maximum Gasteiger partial charge on any atom is 0.328 e. The monoisotopic (exact) mass is 783 g/mol. The Morgan fingerprint density at radius 1 is 0.690 bits per heavy atom. The summed E-state index contributed by atoms with van der Waals surface area (Å²) in [7, 11) is 0. The average molecular weight is 784 g/mol. The van der Waals surface area contributed by atoms with E-state index in [0.717, 1.165) is 105 Å². The number of nitrogens with one attached hydrogen (secondary N) is 1. The van der Waals surface area contributed by atoms with Gasteiger partial charge in [0.1, 0.15) is 29.3 Å². The molecule has 6 heterocycles. The number of carbonyl (C=O) groups excluding carboxylic acids is 2. The molecule has 0 atom stereocenters. The molecule has 4 fully saturated rings. The van der Waals surface area contributed by atoms with E-state index in [1.807, 2.05) is 66.7 Å². The number of amides is 3. The summed E-state index contributed by atoms with van der Waals surface area (Å²) in [6.45, 7) is 11.3. The first-order chi connectivity index (χ1) is 28.4. The van der Waals surface area contributed by atoms with Crippen molar-refractivity contribution < 1.29 is 14.3 Å². The lowest BCUT2D eigenvalue weighted by molar-refractivity contribution is -0.120. The van der Waals surface area contributed by atoms with Crippen LogP contribution in [0.4, 0.5) is 22.0 Å². The fraction of sp³-hybridized carbons (Fsp3) is 0.432. The minimum atomic E-state index is -0.342. The second-order valence-electron chi connectivity index (χ2n) is 16.0. The number of nitrogen functional groups attached to an aromatic ring is 1.